The van der Waals surface area contributed by atoms with Crippen LogP contribution >= 0.6 is 0 Å². The number of aryl methyl sites for hydroxylation is 3. The summed E-state index contributed by atoms with van der Waals surface area (Å²) in [5.74, 6) is 1.79. The van der Waals surface area contributed by atoms with Crippen LogP contribution in [0.5, 0.6) is 17.2 Å². The number of rotatable bonds is 8. The number of ether oxygens (including phenoxy) is 3. The average Bonchev–Trinajstić information content (AvgIpc) is 2.76. The van der Waals surface area contributed by atoms with E-state index in [-0.39, 0.29) is 11.9 Å². The molecule has 1 aliphatic carbocycles. The maximum atomic E-state index is 12.5. The van der Waals surface area contributed by atoms with Gasteiger partial charge in [0.2, 0.25) is 11.7 Å². The number of carbonyl (C=O) groups excluding carboxylic acids is 1. The fraction of sp³-hybridized carbons (Fsp3) is 0.458. The van der Waals surface area contributed by atoms with E-state index >= 15 is 0 Å². The molecule has 0 saturated carbocycles. The lowest BCUT2D eigenvalue weighted by molar-refractivity contribution is -0.121. The Labute approximate surface area is 173 Å². The van der Waals surface area contributed by atoms with E-state index in [0.717, 1.165) is 12.0 Å². The Morgan fingerprint density at radius 1 is 0.966 bits per heavy atom. The molecule has 156 valence electrons. The largest absolute Gasteiger partial charge is 0.493 e. The van der Waals surface area contributed by atoms with Crippen molar-refractivity contribution in [2.45, 2.75) is 51.5 Å². The monoisotopic (exact) mass is 397 g/mol. The highest BCUT2D eigenvalue weighted by Gasteiger charge is 2.16. The van der Waals surface area contributed by atoms with E-state index in [2.05, 4.69) is 23.5 Å². The van der Waals surface area contributed by atoms with Gasteiger partial charge in [-0.1, -0.05) is 18.2 Å². The smallest absolute Gasteiger partial charge is 0.220 e. The molecule has 0 saturated heterocycles. The number of carbonyl (C=O) groups is 1. The first-order chi connectivity index (χ1) is 14.0. The van der Waals surface area contributed by atoms with Crippen molar-refractivity contribution in [1.29, 1.82) is 0 Å². The second kappa shape index (κ2) is 9.68. The highest BCUT2D eigenvalue weighted by atomic mass is 16.5. The van der Waals surface area contributed by atoms with Crippen LogP contribution in [-0.4, -0.2) is 27.2 Å². The first-order valence-corrected chi connectivity index (χ1v) is 10.3. The minimum Gasteiger partial charge on any atom is -0.493 e. The van der Waals surface area contributed by atoms with Crippen molar-refractivity contribution >= 4 is 5.91 Å². The Balaban J connectivity index is 1.61. The van der Waals surface area contributed by atoms with Gasteiger partial charge in [0.1, 0.15) is 0 Å². The summed E-state index contributed by atoms with van der Waals surface area (Å²) in [6.45, 7) is 2.04. The van der Waals surface area contributed by atoms with E-state index in [0.29, 0.717) is 30.1 Å². The fourth-order valence-electron chi connectivity index (χ4n) is 3.96. The molecule has 2 aromatic rings. The van der Waals surface area contributed by atoms with E-state index in [1.165, 1.54) is 36.0 Å². The maximum absolute atomic E-state index is 12.5. The van der Waals surface area contributed by atoms with Gasteiger partial charge in [-0.15, -0.1) is 0 Å². The molecule has 5 heteroatoms. The van der Waals surface area contributed by atoms with E-state index < -0.39 is 0 Å². The fourth-order valence-corrected chi connectivity index (χ4v) is 3.96. The Morgan fingerprint density at radius 3 is 2.24 bits per heavy atom. The van der Waals surface area contributed by atoms with Crippen LogP contribution in [0, 0.1) is 0 Å². The second-order valence-corrected chi connectivity index (χ2v) is 7.56. The van der Waals surface area contributed by atoms with Crippen molar-refractivity contribution in [3.8, 4) is 17.2 Å². The van der Waals surface area contributed by atoms with Crippen LogP contribution in [0.2, 0.25) is 0 Å². The molecule has 5 nitrogen and oxygen atoms in total. The van der Waals surface area contributed by atoms with Gasteiger partial charge in [0, 0.05) is 6.42 Å². The number of nitrogens with one attached hydrogen (secondary N) is 1. The normalized spacial score (nSPS) is 13.9. The molecule has 0 fully saturated rings. The first-order valence-electron chi connectivity index (χ1n) is 10.3. The molecule has 2 aromatic carbocycles. The number of benzene rings is 2. The van der Waals surface area contributed by atoms with Crippen molar-refractivity contribution in [1.82, 2.24) is 5.32 Å². The molecule has 0 aromatic heterocycles. The lowest BCUT2D eigenvalue weighted by Crippen LogP contribution is -2.27. The van der Waals surface area contributed by atoms with Gasteiger partial charge in [0.15, 0.2) is 11.5 Å². The number of hydrogen-bond donors (Lipinski definition) is 1. The standard InChI is InChI=1S/C24H31NO4/c1-16(19-11-10-18-7-5-6-8-20(18)15-19)25-23(26)12-9-17-13-21(27-2)24(29-4)22(14-17)28-3/h10-11,13-16H,5-9,12H2,1-4H3,(H,25,26). The molecule has 0 radical (unpaired) electrons. The molecular weight excluding hydrogens is 366 g/mol. The van der Waals surface area contributed by atoms with E-state index in [9.17, 15) is 4.79 Å². The van der Waals surface area contributed by atoms with E-state index in [1.54, 1.807) is 21.3 Å². The summed E-state index contributed by atoms with van der Waals surface area (Å²) in [5.41, 5.74) is 5.04. The van der Waals surface area contributed by atoms with Crippen molar-refractivity contribution in [2.24, 2.45) is 0 Å². The zero-order valence-electron chi connectivity index (χ0n) is 17.8. The zero-order chi connectivity index (χ0) is 20.8. The Hall–Kier alpha value is -2.69. The molecule has 0 aliphatic heterocycles. The predicted molar refractivity (Wildman–Crippen MR) is 114 cm³/mol. The quantitative estimate of drug-likeness (QED) is 0.717. The molecule has 29 heavy (non-hydrogen) atoms. The Morgan fingerprint density at radius 2 is 1.62 bits per heavy atom. The summed E-state index contributed by atoms with van der Waals surface area (Å²) in [6, 6.07) is 10.4. The van der Waals surface area contributed by atoms with Gasteiger partial charge in [0.05, 0.1) is 27.4 Å². The van der Waals surface area contributed by atoms with Gasteiger partial charge in [-0.3, -0.25) is 4.79 Å². The summed E-state index contributed by atoms with van der Waals surface area (Å²) in [5, 5.41) is 3.13. The van der Waals surface area contributed by atoms with Gasteiger partial charge < -0.3 is 19.5 Å². The molecule has 1 unspecified atom stereocenters. The highest BCUT2D eigenvalue weighted by Crippen LogP contribution is 2.38. The third-order valence-electron chi connectivity index (χ3n) is 5.62. The van der Waals surface area contributed by atoms with Crippen LogP contribution in [0.4, 0.5) is 0 Å². The molecule has 0 bridgehead atoms. The summed E-state index contributed by atoms with van der Waals surface area (Å²) in [6.07, 6.45) is 5.84. The number of hydrogen-bond acceptors (Lipinski definition) is 4. The van der Waals surface area contributed by atoms with Crippen LogP contribution in [0.3, 0.4) is 0 Å². The van der Waals surface area contributed by atoms with Crippen LogP contribution in [0.1, 0.15) is 54.5 Å². The average molecular weight is 398 g/mol. The lowest BCUT2D eigenvalue weighted by Gasteiger charge is -2.20. The van der Waals surface area contributed by atoms with Gasteiger partial charge >= 0.3 is 0 Å². The van der Waals surface area contributed by atoms with Crippen LogP contribution in [0.25, 0.3) is 0 Å². The number of amides is 1. The Bertz CT molecular complexity index is 837. The first kappa shape index (κ1) is 21.0. The van der Waals surface area contributed by atoms with Gasteiger partial charge in [-0.05, 0) is 73.4 Å². The molecule has 1 N–H and O–H groups in total. The molecule has 1 amide bonds. The molecular formula is C24H31NO4. The summed E-state index contributed by atoms with van der Waals surface area (Å²) < 4.78 is 16.1. The van der Waals surface area contributed by atoms with Crippen molar-refractivity contribution < 1.29 is 19.0 Å². The highest BCUT2D eigenvalue weighted by molar-refractivity contribution is 5.76. The van der Waals surface area contributed by atoms with Crippen LogP contribution in [0.15, 0.2) is 30.3 Å². The molecule has 0 spiro atoms. The minimum atomic E-state index is -0.00494. The van der Waals surface area contributed by atoms with E-state index in [4.69, 9.17) is 14.2 Å². The van der Waals surface area contributed by atoms with Crippen molar-refractivity contribution in [3.05, 3.63) is 52.6 Å². The summed E-state index contributed by atoms with van der Waals surface area (Å²) >= 11 is 0. The SMILES string of the molecule is COc1cc(CCC(=O)NC(C)c2ccc3c(c2)CCCC3)cc(OC)c1OC. The molecule has 3 rings (SSSR count). The molecule has 1 atom stereocenters. The second-order valence-electron chi connectivity index (χ2n) is 7.56. The van der Waals surface area contributed by atoms with Gasteiger partial charge in [-0.25, -0.2) is 0 Å². The van der Waals surface area contributed by atoms with Crippen molar-refractivity contribution in [3.63, 3.8) is 0 Å². The lowest BCUT2D eigenvalue weighted by atomic mass is 9.89. The summed E-state index contributed by atoms with van der Waals surface area (Å²) in [4.78, 5) is 12.5. The van der Waals surface area contributed by atoms with Crippen molar-refractivity contribution in [2.75, 3.05) is 21.3 Å². The third kappa shape index (κ3) is 5.03. The minimum absolute atomic E-state index is 0.00494. The summed E-state index contributed by atoms with van der Waals surface area (Å²) in [7, 11) is 4.76. The van der Waals surface area contributed by atoms with E-state index in [1.807, 2.05) is 19.1 Å². The van der Waals surface area contributed by atoms with Gasteiger partial charge in [-0.2, -0.15) is 0 Å². The predicted octanol–water partition coefficient (Wildman–Crippen LogP) is 4.40. The van der Waals surface area contributed by atoms with Gasteiger partial charge in [0.25, 0.3) is 0 Å². The maximum Gasteiger partial charge on any atom is 0.220 e. The number of methoxy groups -OCH3 is 3. The third-order valence-corrected chi connectivity index (χ3v) is 5.62. The van der Waals surface area contributed by atoms with Crippen LogP contribution < -0.4 is 19.5 Å². The number of fused-ring (bicyclic) bond motifs is 1. The molecule has 0 heterocycles. The zero-order valence-corrected chi connectivity index (χ0v) is 17.8. The molecule has 1 aliphatic rings. The van der Waals surface area contributed by atoms with Crippen LogP contribution in [-0.2, 0) is 24.1 Å². The topological polar surface area (TPSA) is 56.8 Å². The Kier molecular flexibility index (Phi) is 7.02.